The molecule has 0 bridgehead atoms. The molecular weight excluding hydrogens is 256 g/mol. The Hall–Kier alpha value is -2.04. The van der Waals surface area contributed by atoms with Gasteiger partial charge in [0.05, 0.1) is 0 Å². The Morgan fingerprint density at radius 1 is 1.05 bits per heavy atom. The Morgan fingerprint density at radius 2 is 1.65 bits per heavy atom. The first kappa shape index (κ1) is 14.4. The predicted molar refractivity (Wildman–Crippen MR) is 75.4 cm³/mol. The van der Waals surface area contributed by atoms with Crippen LogP contribution in [0.5, 0.6) is 0 Å². The van der Waals surface area contributed by atoms with Crippen molar-refractivity contribution in [2.45, 2.75) is 31.7 Å². The number of carbonyl (C=O) groups is 2. The third-order valence-electron chi connectivity index (χ3n) is 3.54. The van der Waals surface area contributed by atoms with Gasteiger partial charge in [-0.05, 0) is 18.4 Å². The van der Waals surface area contributed by atoms with Crippen molar-refractivity contribution in [1.29, 1.82) is 0 Å². The van der Waals surface area contributed by atoms with Crippen molar-refractivity contribution < 1.29 is 14.7 Å². The number of nitrogens with one attached hydrogen (secondary N) is 1. The Labute approximate surface area is 118 Å². The molecule has 0 unspecified atom stereocenters. The van der Waals surface area contributed by atoms with E-state index >= 15 is 0 Å². The molecule has 2 rings (SSSR count). The number of likely N-dealkylation sites (tertiary alicyclic amines) is 1. The third-order valence-corrected chi connectivity index (χ3v) is 3.54. The Balaban J connectivity index is 2.04. The summed E-state index contributed by atoms with van der Waals surface area (Å²) < 4.78 is 0. The van der Waals surface area contributed by atoms with Crippen molar-refractivity contribution in [2.75, 3.05) is 13.1 Å². The van der Waals surface area contributed by atoms with Gasteiger partial charge in [0.1, 0.15) is 0 Å². The van der Waals surface area contributed by atoms with E-state index in [1.807, 2.05) is 6.07 Å². The number of urea groups is 1. The van der Waals surface area contributed by atoms with Crippen LogP contribution >= 0.6 is 0 Å². The molecule has 1 aromatic rings. The largest absolute Gasteiger partial charge is 0.479 e. The van der Waals surface area contributed by atoms with Crippen LogP contribution in [0.3, 0.4) is 0 Å². The van der Waals surface area contributed by atoms with Crippen LogP contribution in [-0.2, 0) is 4.79 Å². The zero-order valence-corrected chi connectivity index (χ0v) is 11.4. The third kappa shape index (κ3) is 3.73. The minimum absolute atomic E-state index is 0.289. The molecule has 1 saturated heterocycles. The molecule has 1 aromatic carbocycles. The van der Waals surface area contributed by atoms with Crippen LogP contribution in [0.15, 0.2) is 30.3 Å². The first-order valence-electron chi connectivity index (χ1n) is 7.01. The molecule has 0 aromatic heterocycles. The van der Waals surface area contributed by atoms with Crippen molar-refractivity contribution in [3.8, 4) is 0 Å². The highest BCUT2D eigenvalue weighted by Gasteiger charge is 2.24. The molecule has 5 nitrogen and oxygen atoms in total. The molecule has 1 fully saturated rings. The van der Waals surface area contributed by atoms with Crippen molar-refractivity contribution >= 4 is 12.0 Å². The summed E-state index contributed by atoms with van der Waals surface area (Å²) in [5, 5.41) is 11.9. The molecule has 0 aliphatic carbocycles. The summed E-state index contributed by atoms with van der Waals surface area (Å²) in [5.74, 6) is -1.04. The highest BCUT2D eigenvalue weighted by Crippen LogP contribution is 2.15. The average molecular weight is 276 g/mol. The van der Waals surface area contributed by atoms with E-state index in [0.29, 0.717) is 18.7 Å². The number of carboxylic acid groups (broad SMARTS) is 1. The number of amides is 2. The topological polar surface area (TPSA) is 69.6 Å². The molecule has 0 radical (unpaired) electrons. The van der Waals surface area contributed by atoms with Crippen LogP contribution in [0, 0.1) is 0 Å². The quantitative estimate of drug-likeness (QED) is 0.890. The van der Waals surface area contributed by atoms with E-state index < -0.39 is 12.0 Å². The van der Waals surface area contributed by atoms with Crippen molar-refractivity contribution in [2.24, 2.45) is 0 Å². The van der Waals surface area contributed by atoms with Crippen molar-refractivity contribution in [3.63, 3.8) is 0 Å². The maximum absolute atomic E-state index is 12.2. The van der Waals surface area contributed by atoms with Gasteiger partial charge in [0.15, 0.2) is 6.04 Å². The zero-order chi connectivity index (χ0) is 14.4. The summed E-state index contributed by atoms with van der Waals surface area (Å²) in [5.41, 5.74) is 0.586. The molecule has 1 aliphatic heterocycles. The SMILES string of the molecule is O=C(O)[C@@H](NC(=O)N1CCCCCC1)c1ccccc1. The molecule has 20 heavy (non-hydrogen) atoms. The van der Waals surface area contributed by atoms with E-state index in [1.54, 1.807) is 29.2 Å². The van der Waals surface area contributed by atoms with Crippen LogP contribution in [0.25, 0.3) is 0 Å². The van der Waals surface area contributed by atoms with Crippen LogP contribution < -0.4 is 5.32 Å². The lowest BCUT2D eigenvalue weighted by atomic mass is 10.1. The number of benzene rings is 1. The molecule has 1 atom stereocenters. The highest BCUT2D eigenvalue weighted by atomic mass is 16.4. The summed E-state index contributed by atoms with van der Waals surface area (Å²) in [6.07, 6.45) is 4.22. The molecular formula is C15H20N2O3. The molecule has 1 aliphatic rings. The molecule has 2 N–H and O–H groups in total. The molecule has 0 saturated carbocycles. The Morgan fingerprint density at radius 3 is 2.20 bits per heavy atom. The first-order valence-corrected chi connectivity index (χ1v) is 7.01. The maximum atomic E-state index is 12.2. The minimum Gasteiger partial charge on any atom is -0.479 e. The maximum Gasteiger partial charge on any atom is 0.330 e. The lowest BCUT2D eigenvalue weighted by Crippen LogP contribution is -2.44. The van der Waals surface area contributed by atoms with E-state index in [1.165, 1.54) is 0 Å². The van der Waals surface area contributed by atoms with Crippen molar-refractivity contribution in [1.82, 2.24) is 10.2 Å². The predicted octanol–water partition coefficient (Wildman–Crippen LogP) is 2.40. The molecule has 1 heterocycles. The fraction of sp³-hybridized carbons (Fsp3) is 0.467. The highest BCUT2D eigenvalue weighted by molar-refractivity contribution is 5.83. The van der Waals surface area contributed by atoms with Crippen LogP contribution in [0.2, 0.25) is 0 Å². The number of hydrogen-bond acceptors (Lipinski definition) is 2. The summed E-state index contributed by atoms with van der Waals surface area (Å²) in [6.45, 7) is 1.40. The second-order valence-electron chi connectivity index (χ2n) is 5.03. The van der Waals surface area contributed by atoms with Gasteiger partial charge in [-0.2, -0.15) is 0 Å². The van der Waals surface area contributed by atoms with Crippen LogP contribution in [0.1, 0.15) is 37.3 Å². The molecule has 0 spiro atoms. The Kier molecular flexibility index (Phi) is 4.98. The lowest BCUT2D eigenvalue weighted by molar-refractivity contribution is -0.139. The van der Waals surface area contributed by atoms with E-state index in [4.69, 9.17) is 0 Å². The van der Waals surface area contributed by atoms with Gasteiger partial charge in [0.25, 0.3) is 0 Å². The van der Waals surface area contributed by atoms with Gasteiger partial charge in [-0.1, -0.05) is 43.2 Å². The molecule has 2 amide bonds. The molecule has 5 heteroatoms. The van der Waals surface area contributed by atoms with Crippen LogP contribution in [0.4, 0.5) is 4.79 Å². The summed E-state index contributed by atoms with van der Waals surface area (Å²) in [4.78, 5) is 25.3. The first-order chi connectivity index (χ1) is 9.68. The number of hydrogen-bond donors (Lipinski definition) is 2. The van der Waals surface area contributed by atoms with Gasteiger partial charge in [0, 0.05) is 13.1 Å². The second-order valence-corrected chi connectivity index (χ2v) is 5.03. The van der Waals surface area contributed by atoms with Gasteiger partial charge in [-0.15, -0.1) is 0 Å². The summed E-state index contributed by atoms with van der Waals surface area (Å²) in [7, 11) is 0. The van der Waals surface area contributed by atoms with Gasteiger partial charge in [-0.25, -0.2) is 9.59 Å². The number of nitrogens with zero attached hydrogens (tertiary/aromatic N) is 1. The second kappa shape index (κ2) is 6.93. The summed E-state index contributed by atoms with van der Waals surface area (Å²) >= 11 is 0. The normalized spacial score (nSPS) is 17.1. The average Bonchev–Trinajstić information content (AvgIpc) is 2.74. The number of aliphatic carboxylic acids is 1. The standard InChI is InChI=1S/C15H20N2O3/c18-14(19)13(12-8-4-3-5-9-12)16-15(20)17-10-6-1-2-7-11-17/h3-5,8-9,13H,1-2,6-7,10-11H2,(H,16,20)(H,18,19)/t13-/m0/s1. The van der Waals surface area contributed by atoms with E-state index in [-0.39, 0.29) is 6.03 Å². The van der Waals surface area contributed by atoms with E-state index in [9.17, 15) is 14.7 Å². The Bertz CT molecular complexity index is 453. The lowest BCUT2D eigenvalue weighted by Gasteiger charge is -2.23. The number of carboxylic acids is 1. The fourth-order valence-corrected chi connectivity index (χ4v) is 2.42. The molecule has 108 valence electrons. The van der Waals surface area contributed by atoms with Crippen molar-refractivity contribution in [3.05, 3.63) is 35.9 Å². The van der Waals surface area contributed by atoms with Gasteiger partial charge >= 0.3 is 12.0 Å². The number of carbonyl (C=O) groups excluding carboxylic acids is 1. The fourth-order valence-electron chi connectivity index (χ4n) is 2.42. The van der Waals surface area contributed by atoms with Gasteiger partial charge < -0.3 is 15.3 Å². The van der Waals surface area contributed by atoms with E-state index in [0.717, 1.165) is 25.7 Å². The summed E-state index contributed by atoms with van der Waals surface area (Å²) in [6, 6.07) is 7.49. The van der Waals surface area contributed by atoms with Gasteiger partial charge in [0.2, 0.25) is 0 Å². The minimum atomic E-state index is -1.04. The zero-order valence-electron chi connectivity index (χ0n) is 11.4. The number of rotatable bonds is 3. The van der Waals surface area contributed by atoms with E-state index in [2.05, 4.69) is 5.32 Å². The van der Waals surface area contributed by atoms with Gasteiger partial charge in [-0.3, -0.25) is 0 Å². The smallest absolute Gasteiger partial charge is 0.330 e. The monoisotopic (exact) mass is 276 g/mol. The van der Waals surface area contributed by atoms with Crippen LogP contribution in [-0.4, -0.2) is 35.1 Å².